The smallest absolute Gasteiger partial charge is 0.254 e. The van der Waals surface area contributed by atoms with Gasteiger partial charge in [0.2, 0.25) is 5.91 Å². The normalized spacial score (nSPS) is 15.1. The summed E-state index contributed by atoms with van der Waals surface area (Å²) in [5.41, 5.74) is 18.3. The third kappa shape index (κ3) is 10.4. The minimum atomic E-state index is -3.69. The highest BCUT2D eigenvalue weighted by atomic mass is 79.9. The molecule has 2 atom stereocenters. The van der Waals surface area contributed by atoms with E-state index in [1.165, 1.54) is 18.2 Å². The number of rotatable bonds is 12. The number of carbonyl (C=O) groups is 2. The predicted molar refractivity (Wildman–Crippen MR) is 160 cm³/mol. The van der Waals surface area contributed by atoms with Gasteiger partial charge in [0.05, 0.1) is 24.2 Å². The third-order valence-corrected chi connectivity index (χ3v) is 7.59. The zero-order valence-corrected chi connectivity index (χ0v) is 24.7. The fourth-order valence-electron chi connectivity index (χ4n) is 3.99. The molecule has 0 radical (unpaired) electrons. The maximum absolute atomic E-state index is 12.9. The Balaban J connectivity index is 0.00000560. The molecule has 3 rings (SSSR count). The molecule has 7 N–H and O–H groups in total. The fourth-order valence-corrected chi connectivity index (χ4v) is 5.08. The molecule has 0 unspecified atom stereocenters. The van der Waals surface area contributed by atoms with Crippen molar-refractivity contribution in [2.24, 2.45) is 22.2 Å². The summed E-state index contributed by atoms with van der Waals surface area (Å²) < 4.78 is 30.7. The molecule has 1 saturated heterocycles. The number of nitrogens with two attached hydrogens (primary N) is 3. The lowest BCUT2D eigenvalue weighted by molar-refractivity contribution is -0.122. The van der Waals surface area contributed by atoms with Crippen LogP contribution in [0.2, 0.25) is 0 Å². The van der Waals surface area contributed by atoms with E-state index < -0.39 is 27.8 Å². The molecular formula is C27H37BrN6O5S. The van der Waals surface area contributed by atoms with Crippen LogP contribution in [0.4, 0.5) is 0 Å². The second-order valence-electron chi connectivity index (χ2n) is 9.16. The quantitative estimate of drug-likeness (QED) is 0.152. The SMILES string of the molecule is Br.NC(N)=NCCC[C@@H](/C=C/S(=O)(=O)c1ccccc1)NC(=O)[C@@H](N)Cc1ccc(C(=O)N2CCOCC2)cc1. The van der Waals surface area contributed by atoms with Crippen molar-refractivity contribution in [1.29, 1.82) is 0 Å². The first-order valence-corrected chi connectivity index (χ1v) is 14.3. The molecule has 0 spiro atoms. The Morgan fingerprint density at radius 3 is 2.33 bits per heavy atom. The number of hydrogen-bond acceptors (Lipinski definition) is 7. The number of morpholine rings is 1. The third-order valence-electron chi connectivity index (χ3n) is 6.15. The van der Waals surface area contributed by atoms with Crippen molar-refractivity contribution in [3.63, 3.8) is 0 Å². The van der Waals surface area contributed by atoms with Gasteiger partial charge in [0.15, 0.2) is 15.8 Å². The Labute approximate surface area is 245 Å². The van der Waals surface area contributed by atoms with Crippen molar-refractivity contribution in [1.82, 2.24) is 10.2 Å². The first kappa shape index (κ1) is 32.9. The standard InChI is InChI=1S/C27H36N6O5S.BrH/c28-24(19-20-8-10-21(11-9-20)26(35)33-14-16-38-17-15-33)25(34)32-22(5-4-13-31-27(29)30)12-18-39(36,37)23-6-2-1-3-7-23;/h1-3,6-12,18,22,24H,4-5,13-17,19,28H2,(H,32,34)(H4,29,30,31);1H/b18-12+;/t22-,24-;/m0./s1. The average Bonchev–Trinajstić information content (AvgIpc) is 2.94. The van der Waals surface area contributed by atoms with E-state index in [-0.39, 0.29) is 40.2 Å². The minimum Gasteiger partial charge on any atom is -0.378 e. The molecule has 0 bridgehead atoms. The number of nitrogens with one attached hydrogen (secondary N) is 1. The number of ether oxygens (including phenoxy) is 1. The van der Waals surface area contributed by atoms with Crippen LogP contribution < -0.4 is 22.5 Å². The van der Waals surface area contributed by atoms with Crippen molar-refractivity contribution in [3.05, 3.63) is 77.2 Å². The maximum atomic E-state index is 12.9. The largest absolute Gasteiger partial charge is 0.378 e. The lowest BCUT2D eigenvalue weighted by Gasteiger charge is -2.26. The van der Waals surface area contributed by atoms with E-state index in [0.717, 1.165) is 11.0 Å². The first-order valence-electron chi connectivity index (χ1n) is 12.7. The summed E-state index contributed by atoms with van der Waals surface area (Å²) in [5, 5.41) is 3.91. The van der Waals surface area contributed by atoms with Gasteiger partial charge in [0, 0.05) is 36.6 Å². The van der Waals surface area contributed by atoms with Crippen LogP contribution in [0.3, 0.4) is 0 Å². The molecule has 2 aromatic rings. The number of guanidine groups is 1. The van der Waals surface area contributed by atoms with E-state index in [4.69, 9.17) is 21.9 Å². The molecular weight excluding hydrogens is 600 g/mol. The summed E-state index contributed by atoms with van der Waals surface area (Å²) in [6, 6.07) is 13.5. The van der Waals surface area contributed by atoms with Gasteiger partial charge in [-0.3, -0.25) is 14.6 Å². The Hall–Kier alpha value is -3.26. The Bertz CT molecular complexity index is 1260. The monoisotopic (exact) mass is 636 g/mol. The van der Waals surface area contributed by atoms with Gasteiger partial charge >= 0.3 is 0 Å². The van der Waals surface area contributed by atoms with Crippen LogP contribution >= 0.6 is 17.0 Å². The number of carbonyl (C=O) groups excluding carboxylic acids is 2. The lowest BCUT2D eigenvalue weighted by atomic mass is 10.0. The minimum absolute atomic E-state index is 0. The second kappa shape index (κ2) is 16.1. The van der Waals surface area contributed by atoms with E-state index in [1.54, 1.807) is 47.4 Å². The zero-order chi connectivity index (χ0) is 28.3. The number of halogens is 1. The summed E-state index contributed by atoms with van der Waals surface area (Å²) in [5.74, 6) is -0.540. The molecule has 2 amide bonds. The highest BCUT2D eigenvalue weighted by Crippen LogP contribution is 2.14. The van der Waals surface area contributed by atoms with Crippen LogP contribution in [-0.2, 0) is 25.8 Å². The summed E-state index contributed by atoms with van der Waals surface area (Å²) in [6.07, 6.45) is 2.58. The molecule has 1 aliphatic heterocycles. The van der Waals surface area contributed by atoms with Crippen LogP contribution in [-0.4, -0.2) is 76.0 Å². The second-order valence-corrected chi connectivity index (χ2v) is 11.0. The molecule has 1 heterocycles. The van der Waals surface area contributed by atoms with Crippen LogP contribution in [0, 0.1) is 0 Å². The van der Waals surface area contributed by atoms with Crippen LogP contribution in [0.25, 0.3) is 0 Å². The fraction of sp³-hybridized carbons (Fsp3) is 0.370. The molecule has 218 valence electrons. The van der Waals surface area contributed by atoms with Crippen molar-refractivity contribution in [3.8, 4) is 0 Å². The Kier molecular flexibility index (Phi) is 13.3. The predicted octanol–water partition coefficient (Wildman–Crippen LogP) is 1.13. The molecule has 1 aliphatic rings. The highest BCUT2D eigenvalue weighted by Gasteiger charge is 2.20. The van der Waals surface area contributed by atoms with Gasteiger partial charge in [-0.05, 0) is 49.1 Å². The van der Waals surface area contributed by atoms with E-state index >= 15 is 0 Å². The summed E-state index contributed by atoms with van der Waals surface area (Å²) in [7, 11) is -3.69. The van der Waals surface area contributed by atoms with Gasteiger partial charge in [0.1, 0.15) is 0 Å². The summed E-state index contributed by atoms with van der Waals surface area (Å²) in [4.78, 5) is 31.4. The summed E-state index contributed by atoms with van der Waals surface area (Å²) >= 11 is 0. The van der Waals surface area contributed by atoms with Crippen LogP contribution in [0.5, 0.6) is 0 Å². The number of aliphatic imine (C=N–C) groups is 1. The number of sulfone groups is 1. The zero-order valence-electron chi connectivity index (χ0n) is 22.1. The van der Waals surface area contributed by atoms with Crippen molar-refractivity contribution >= 4 is 44.6 Å². The molecule has 11 nitrogen and oxygen atoms in total. The van der Waals surface area contributed by atoms with Gasteiger partial charge in [-0.2, -0.15) is 0 Å². The van der Waals surface area contributed by atoms with Gasteiger partial charge in [-0.1, -0.05) is 36.4 Å². The lowest BCUT2D eigenvalue weighted by Crippen LogP contribution is -2.46. The maximum Gasteiger partial charge on any atom is 0.254 e. The number of nitrogens with zero attached hydrogens (tertiary/aromatic N) is 2. The molecule has 40 heavy (non-hydrogen) atoms. The van der Waals surface area contributed by atoms with Crippen LogP contribution in [0.1, 0.15) is 28.8 Å². The van der Waals surface area contributed by atoms with E-state index in [9.17, 15) is 18.0 Å². The molecule has 2 aromatic carbocycles. The topological polar surface area (TPSA) is 183 Å². The van der Waals surface area contributed by atoms with Crippen molar-refractivity contribution in [2.75, 3.05) is 32.8 Å². The Morgan fingerprint density at radius 1 is 1.05 bits per heavy atom. The van der Waals surface area contributed by atoms with Gasteiger partial charge in [-0.25, -0.2) is 8.42 Å². The van der Waals surface area contributed by atoms with Gasteiger partial charge in [-0.15, -0.1) is 17.0 Å². The van der Waals surface area contributed by atoms with Gasteiger partial charge in [0.25, 0.3) is 5.91 Å². The summed E-state index contributed by atoms with van der Waals surface area (Å²) in [6.45, 7) is 2.49. The van der Waals surface area contributed by atoms with Gasteiger partial charge < -0.3 is 32.2 Å². The number of hydrogen-bond donors (Lipinski definition) is 4. The van der Waals surface area contributed by atoms with Crippen molar-refractivity contribution in [2.45, 2.75) is 36.2 Å². The Morgan fingerprint density at radius 2 is 1.70 bits per heavy atom. The molecule has 13 heteroatoms. The average molecular weight is 638 g/mol. The van der Waals surface area contributed by atoms with E-state index in [2.05, 4.69) is 10.3 Å². The van der Waals surface area contributed by atoms with Crippen LogP contribution in [0.15, 0.2) is 76.0 Å². The highest BCUT2D eigenvalue weighted by molar-refractivity contribution is 8.93. The first-order chi connectivity index (χ1) is 18.7. The number of amides is 2. The van der Waals surface area contributed by atoms with Crippen molar-refractivity contribution < 1.29 is 22.7 Å². The molecule has 1 fully saturated rings. The van der Waals surface area contributed by atoms with E-state index in [0.29, 0.717) is 51.3 Å². The van der Waals surface area contributed by atoms with E-state index in [1.807, 2.05) is 0 Å². The molecule has 0 saturated carbocycles. The molecule has 0 aromatic heterocycles. The molecule has 0 aliphatic carbocycles. The number of benzene rings is 2.